The largest absolute Gasteiger partial charge is 0.427 e. The minimum Gasteiger partial charge on any atom is -0.427 e. The van der Waals surface area contributed by atoms with E-state index in [4.69, 9.17) is 9.72 Å². The number of aromatic nitrogens is 1. The number of rotatable bonds is 5. The maximum atomic E-state index is 11.3. The molecular formula is C24H27NO3. The summed E-state index contributed by atoms with van der Waals surface area (Å²) in [7, 11) is 0. The van der Waals surface area contributed by atoms with Crippen LogP contribution in [0.4, 0.5) is 0 Å². The smallest absolute Gasteiger partial charge is 0.308 e. The molecule has 0 saturated carbocycles. The molecule has 4 heteroatoms. The van der Waals surface area contributed by atoms with Gasteiger partial charge in [0.1, 0.15) is 5.75 Å². The third-order valence-corrected chi connectivity index (χ3v) is 4.73. The van der Waals surface area contributed by atoms with Crippen LogP contribution in [0.15, 0.2) is 48.5 Å². The average molecular weight is 377 g/mol. The van der Waals surface area contributed by atoms with Crippen LogP contribution in [0.3, 0.4) is 0 Å². The molecule has 0 saturated heterocycles. The van der Waals surface area contributed by atoms with Crippen LogP contribution in [-0.2, 0) is 16.6 Å². The molecule has 146 valence electrons. The molecule has 0 aliphatic carbocycles. The SMILES string of the molecule is CC(=O)Oc1cccc(-c2nc3ccc(C(C)(C)C)cc3cc2CCCO)c1. The lowest BCUT2D eigenvalue weighted by molar-refractivity contribution is -0.131. The van der Waals surface area contributed by atoms with E-state index in [-0.39, 0.29) is 18.0 Å². The first-order valence-corrected chi connectivity index (χ1v) is 9.62. The molecule has 0 amide bonds. The molecule has 0 spiro atoms. The Morgan fingerprint density at radius 2 is 1.89 bits per heavy atom. The average Bonchev–Trinajstić information content (AvgIpc) is 2.64. The van der Waals surface area contributed by atoms with Crippen molar-refractivity contribution in [1.82, 2.24) is 4.98 Å². The Balaban J connectivity index is 2.13. The predicted molar refractivity (Wildman–Crippen MR) is 113 cm³/mol. The Morgan fingerprint density at radius 1 is 1.11 bits per heavy atom. The third kappa shape index (κ3) is 4.57. The van der Waals surface area contributed by atoms with Crippen molar-refractivity contribution in [2.75, 3.05) is 6.61 Å². The van der Waals surface area contributed by atoms with E-state index >= 15 is 0 Å². The van der Waals surface area contributed by atoms with Gasteiger partial charge in [0.15, 0.2) is 0 Å². The lowest BCUT2D eigenvalue weighted by atomic mass is 9.86. The van der Waals surface area contributed by atoms with Gasteiger partial charge in [-0.3, -0.25) is 4.79 Å². The second-order valence-corrected chi connectivity index (χ2v) is 8.10. The minimum absolute atomic E-state index is 0.0660. The molecule has 3 rings (SSSR count). The summed E-state index contributed by atoms with van der Waals surface area (Å²) in [6.07, 6.45) is 1.40. The topological polar surface area (TPSA) is 59.4 Å². The summed E-state index contributed by atoms with van der Waals surface area (Å²) in [5.41, 5.74) is 5.09. The first-order valence-electron chi connectivity index (χ1n) is 9.62. The van der Waals surface area contributed by atoms with E-state index in [1.165, 1.54) is 12.5 Å². The van der Waals surface area contributed by atoms with Crippen LogP contribution in [0.25, 0.3) is 22.2 Å². The lowest BCUT2D eigenvalue weighted by Gasteiger charge is -2.20. The zero-order chi connectivity index (χ0) is 20.3. The summed E-state index contributed by atoms with van der Waals surface area (Å²) in [6.45, 7) is 8.11. The molecule has 1 N–H and O–H groups in total. The van der Waals surface area contributed by atoms with Crippen molar-refractivity contribution < 1.29 is 14.6 Å². The fourth-order valence-electron chi connectivity index (χ4n) is 3.27. The number of ether oxygens (including phenoxy) is 1. The number of carbonyl (C=O) groups is 1. The fraction of sp³-hybridized carbons (Fsp3) is 0.333. The first kappa shape index (κ1) is 20.0. The zero-order valence-corrected chi connectivity index (χ0v) is 17.0. The summed E-state index contributed by atoms with van der Waals surface area (Å²) in [5.74, 6) is 0.155. The number of pyridine rings is 1. The van der Waals surface area contributed by atoms with Crippen molar-refractivity contribution in [2.45, 2.75) is 46.0 Å². The van der Waals surface area contributed by atoms with Crippen LogP contribution in [0.1, 0.15) is 45.2 Å². The van der Waals surface area contributed by atoms with Gasteiger partial charge < -0.3 is 9.84 Å². The third-order valence-electron chi connectivity index (χ3n) is 4.73. The van der Waals surface area contributed by atoms with Crippen LogP contribution < -0.4 is 4.74 Å². The molecule has 4 nitrogen and oxygen atoms in total. The molecule has 0 aliphatic heterocycles. The van der Waals surface area contributed by atoms with Gasteiger partial charge in [-0.05, 0) is 59.7 Å². The van der Waals surface area contributed by atoms with Gasteiger partial charge in [0.05, 0.1) is 11.2 Å². The number of hydrogen-bond acceptors (Lipinski definition) is 4. The molecule has 0 radical (unpaired) electrons. The van der Waals surface area contributed by atoms with Crippen molar-refractivity contribution in [3.63, 3.8) is 0 Å². The van der Waals surface area contributed by atoms with Gasteiger partial charge in [0.25, 0.3) is 0 Å². The monoisotopic (exact) mass is 377 g/mol. The number of benzene rings is 2. The van der Waals surface area contributed by atoms with E-state index in [0.29, 0.717) is 12.2 Å². The Bertz CT molecular complexity index is 1000. The van der Waals surface area contributed by atoms with Gasteiger partial charge in [-0.15, -0.1) is 0 Å². The summed E-state index contributed by atoms with van der Waals surface area (Å²) >= 11 is 0. The number of nitrogens with zero attached hydrogens (tertiary/aromatic N) is 1. The van der Waals surface area contributed by atoms with Crippen molar-refractivity contribution in [2.24, 2.45) is 0 Å². The van der Waals surface area contributed by atoms with Crippen molar-refractivity contribution >= 4 is 16.9 Å². The van der Waals surface area contributed by atoms with E-state index in [1.807, 2.05) is 18.2 Å². The van der Waals surface area contributed by atoms with Crippen LogP contribution in [-0.4, -0.2) is 22.7 Å². The number of hydrogen-bond donors (Lipinski definition) is 1. The highest BCUT2D eigenvalue weighted by molar-refractivity contribution is 5.84. The lowest BCUT2D eigenvalue weighted by Crippen LogP contribution is -2.10. The summed E-state index contributed by atoms with van der Waals surface area (Å²) in [4.78, 5) is 16.2. The molecule has 0 atom stereocenters. The maximum absolute atomic E-state index is 11.3. The molecule has 28 heavy (non-hydrogen) atoms. The number of esters is 1. The zero-order valence-electron chi connectivity index (χ0n) is 17.0. The highest BCUT2D eigenvalue weighted by atomic mass is 16.5. The standard InChI is InChI=1S/C24H27NO3/c1-16(27)28-21-9-5-7-18(15-21)23-17(8-6-12-26)13-19-14-20(24(2,3)4)10-11-22(19)25-23/h5,7,9-11,13-15,26H,6,8,12H2,1-4H3. The molecule has 0 fully saturated rings. The van der Waals surface area contributed by atoms with E-state index in [2.05, 4.69) is 45.0 Å². The van der Waals surface area contributed by atoms with E-state index in [1.54, 1.807) is 6.07 Å². The van der Waals surface area contributed by atoms with Crippen molar-refractivity contribution in [3.05, 3.63) is 59.7 Å². The highest BCUT2D eigenvalue weighted by Crippen LogP contribution is 2.31. The molecule has 0 aliphatic rings. The molecule has 3 aromatic rings. The van der Waals surface area contributed by atoms with E-state index in [9.17, 15) is 9.90 Å². The minimum atomic E-state index is -0.348. The quantitative estimate of drug-likeness (QED) is 0.499. The second kappa shape index (κ2) is 8.11. The van der Waals surface area contributed by atoms with E-state index in [0.717, 1.165) is 34.1 Å². The molecule has 0 unspecified atom stereocenters. The van der Waals surface area contributed by atoms with Crippen LogP contribution in [0.5, 0.6) is 5.75 Å². The summed E-state index contributed by atoms with van der Waals surface area (Å²) in [5, 5.41) is 10.4. The number of carbonyl (C=O) groups excluding carboxylic acids is 1. The van der Waals surface area contributed by atoms with Crippen LogP contribution in [0, 0.1) is 0 Å². The Kier molecular flexibility index (Phi) is 5.80. The van der Waals surface area contributed by atoms with Gasteiger partial charge in [-0.25, -0.2) is 4.98 Å². The molecule has 1 heterocycles. The van der Waals surface area contributed by atoms with Crippen molar-refractivity contribution in [1.29, 1.82) is 0 Å². The molecule has 1 aromatic heterocycles. The van der Waals surface area contributed by atoms with Crippen molar-refractivity contribution in [3.8, 4) is 17.0 Å². The number of aliphatic hydroxyl groups excluding tert-OH is 1. The number of aryl methyl sites for hydroxylation is 1. The molecule has 2 aromatic carbocycles. The van der Waals surface area contributed by atoms with Crippen LogP contribution >= 0.6 is 0 Å². The summed E-state index contributed by atoms with van der Waals surface area (Å²) < 4.78 is 5.23. The Hall–Kier alpha value is -2.72. The molecule has 0 bridgehead atoms. The normalized spacial score (nSPS) is 11.6. The predicted octanol–water partition coefficient (Wildman–Crippen LogP) is 5.05. The number of aliphatic hydroxyl groups is 1. The van der Waals surface area contributed by atoms with Crippen LogP contribution in [0.2, 0.25) is 0 Å². The Morgan fingerprint density at radius 3 is 2.57 bits per heavy atom. The first-order chi connectivity index (χ1) is 13.3. The fourth-order valence-corrected chi connectivity index (χ4v) is 3.27. The van der Waals surface area contributed by atoms with Gasteiger partial charge in [0, 0.05) is 24.5 Å². The number of fused-ring (bicyclic) bond motifs is 1. The maximum Gasteiger partial charge on any atom is 0.308 e. The second-order valence-electron chi connectivity index (χ2n) is 8.10. The van der Waals surface area contributed by atoms with Gasteiger partial charge >= 0.3 is 5.97 Å². The summed E-state index contributed by atoms with van der Waals surface area (Å²) in [6, 6.07) is 16.0. The van der Waals surface area contributed by atoms with Gasteiger partial charge in [0.2, 0.25) is 0 Å². The van der Waals surface area contributed by atoms with Gasteiger partial charge in [-0.2, -0.15) is 0 Å². The Labute approximate surface area is 166 Å². The van der Waals surface area contributed by atoms with Gasteiger partial charge in [-0.1, -0.05) is 39.0 Å². The highest BCUT2D eigenvalue weighted by Gasteiger charge is 2.16. The van der Waals surface area contributed by atoms with E-state index < -0.39 is 0 Å². The molecular weight excluding hydrogens is 350 g/mol.